The molecule has 6 nitrogen and oxygen atoms in total. The fourth-order valence-corrected chi connectivity index (χ4v) is 2.29. The van der Waals surface area contributed by atoms with Crippen LogP contribution in [-0.2, 0) is 16.1 Å². The SMILES string of the molecule is O=C(COC(=O)c1ccc2ncoc2c1)NCc1ccccc1Cl. The van der Waals surface area contributed by atoms with Crippen molar-refractivity contribution < 1.29 is 18.7 Å². The van der Waals surface area contributed by atoms with E-state index >= 15 is 0 Å². The predicted octanol–water partition coefficient (Wildman–Crippen LogP) is 2.95. The van der Waals surface area contributed by atoms with Gasteiger partial charge in [0.15, 0.2) is 18.6 Å². The van der Waals surface area contributed by atoms with E-state index in [1.807, 2.05) is 6.07 Å². The molecule has 0 fully saturated rings. The van der Waals surface area contributed by atoms with Crippen molar-refractivity contribution in [1.82, 2.24) is 10.3 Å². The lowest BCUT2D eigenvalue weighted by molar-refractivity contribution is -0.124. The summed E-state index contributed by atoms with van der Waals surface area (Å²) in [6, 6.07) is 11.9. The molecular formula is C17H13ClN2O4. The second kappa shape index (κ2) is 7.14. The topological polar surface area (TPSA) is 81.4 Å². The van der Waals surface area contributed by atoms with Crippen LogP contribution >= 0.6 is 11.6 Å². The number of fused-ring (bicyclic) bond motifs is 1. The number of nitrogens with zero attached hydrogens (tertiary/aromatic N) is 1. The van der Waals surface area contributed by atoms with E-state index in [0.717, 1.165) is 5.56 Å². The number of carbonyl (C=O) groups is 2. The number of oxazole rings is 1. The second-order valence-corrected chi connectivity index (χ2v) is 5.39. The number of hydrogen-bond acceptors (Lipinski definition) is 5. The molecule has 0 aliphatic heterocycles. The smallest absolute Gasteiger partial charge is 0.338 e. The Morgan fingerprint density at radius 1 is 1.21 bits per heavy atom. The standard InChI is InChI=1S/C17H13ClN2O4/c18-13-4-2-1-3-12(13)8-19-16(21)9-23-17(22)11-5-6-14-15(7-11)24-10-20-14/h1-7,10H,8-9H2,(H,19,21). The van der Waals surface area contributed by atoms with Gasteiger partial charge in [-0.15, -0.1) is 0 Å². The number of amides is 1. The molecule has 1 heterocycles. The number of carbonyl (C=O) groups excluding carboxylic acids is 2. The van der Waals surface area contributed by atoms with Crippen LogP contribution in [-0.4, -0.2) is 23.5 Å². The van der Waals surface area contributed by atoms with Crippen molar-refractivity contribution in [1.29, 1.82) is 0 Å². The lowest BCUT2D eigenvalue weighted by atomic mass is 10.2. The van der Waals surface area contributed by atoms with Crippen LogP contribution in [0.25, 0.3) is 11.1 Å². The molecule has 0 unspecified atom stereocenters. The van der Waals surface area contributed by atoms with Gasteiger partial charge in [0.1, 0.15) is 5.52 Å². The van der Waals surface area contributed by atoms with E-state index in [1.165, 1.54) is 12.5 Å². The highest BCUT2D eigenvalue weighted by Crippen LogP contribution is 2.15. The summed E-state index contributed by atoms with van der Waals surface area (Å²) in [5, 5.41) is 3.21. The van der Waals surface area contributed by atoms with Crippen LogP contribution in [0.15, 0.2) is 53.3 Å². The highest BCUT2D eigenvalue weighted by Gasteiger charge is 2.12. The van der Waals surface area contributed by atoms with Crippen LogP contribution in [0.1, 0.15) is 15.9 Å². The molecule has 0 radical (unpaired) electrons. The molecule has 0 aliphatic rings. The van der Waals surface area contributed by atoms with Gasteiger partial charge in [-0.25, -0.2) is 9.78 Å². The van der Waals surface area contributed by atoms with Crippen LogP contribution in [0.4, 0.5) is 0 Å². The third kappa shape index (κ3) is 3.72. The Kier molecular flexibility index (Phi) is 4.77. The average Bonchev–Trinajstić information content (AvgIpc) is 3.06. The van der Waals surface area contributed by atoms with E-state index in [4.69, 9.17) is 20.8 Å². The van der Waals surface area contributed by atoms with Crippen molar-refractivity contribution in [2.24, 2.45) is 0 Å². The van der Waals surface area contributed by atoms with Crippen molar-refractivity contribution in [2.45, 2.75) is 6.54 Å². The van der Waals surface area contributed by atoms with Gasteiger partial charge in [-0.3, -0.25) is 4.79 Å². The Balaban J connectivity index is 1.52. The highest BCUT2D eigenvalue weighted by atomic mass is 35.5. The van der Waals surface area contributed by atoms with Crippen LogP contribution in [0.5, 0.6) is 0 Å². The number of nitrogens with one attached hydrogen (secondary N) is 1. The van der Waals surface area contributed by atoms with E-state index in [0.29, 0.717) is 16.1 Å². The molecule has 7 heteroatoms. The summed E-state index contributed by atoms with van der Waals surface area (Å²) >= 11 is 6.00. The molecule has 1 amide bonds. The first-order valence-electron chi connectivity index (χ1n) is 7.14. The maximum absolute atomic E-state index is 12.0. The van der Waals surface area contributed by atoms with Crippen LogP contribution < -0.4 is 5.32 Å². The average molecular weight is 345 g/mol. The largest absolute Gasteiger partial charge is 0.452 e. The quantitative estimate of drug-likeness (QED) is 0.720. The summed E-state index contributed by atoms with van der Waals surface area (Å²) in [4.78, 5) is 27.7. The van der Waals surface area contributed by atoms with Gasteiger partial charge in [0.25, 0.3) is 5.91 Å². The molecule has 2 aromatic carbocycles. The van der Waals surface area contributed by atoms with Gasteiger partial charge >= 0.3 is 5.97 Å². The third-order valence-electron chi connectivity index (χ3n) is 3.34. The van der Waals surface area contributed by atoms with Crippen molar-refractivity contribution >= 4 is 34.6 Å². The summed E-state index contributed by atoms with van der Waals surface area (Å²) in [6.07, 6.45) is 1.29. The van der Waals surface area contributed by atoms with Gasteiger partial charge in [0, 0.05) is 11.6 Å². The Morgan fingerprint density at radius 3 is 2.88 bits per heavy atom. The van der Waals surface area contributed by atoms with E-state index in [9.17, 15) is 9.59 Å². The first-order chi connectivity index (χ1) is 11.6. The first-order valence-corrected chi connectivity index (χ1v) is 7.52. The molecule has 1 aromatic heterocycles. The van der Waals surface area contributed by atoms with Gasteiger partial charge in [-0.05, 0) is 29.8 Å². The van der Waals surface area contributed by atoms with Gasteiger partial charge in [0.2, 0.25) is 0 Å². The minimum Gasteiger partial charge on any atom is -0.452 e. The number of hydrogen-bond donors (Lipinski definition) is 1. The molecule has 0 saturated carbocycles. The fourth-order valence-electron chi connectivity index (χ4n) is 2.08. The van der Waals surface area contributed by atoms with Crippen LogP contribution in [0, 0.1) is 0 Å². The van der Waals surface area contributed by atoms with E-state index in [-0.39, 0.29) is 18.7 Å². The molecule has 24 heavy (non-hydrogen) atoms. The number of esters is 1. The molecule has 3 aromatic rings. The molecule has 0 spiro atoms. The lowest BCUT2D eigenvalue weighted by Gasteiger charge is -2.08. The summed E-state index contributed by atoms with van der Waals surface area (Å²) < 4.78 is 10.1. The maximum atomic E-state index is 12.0. The van der Waals surface area contributed by atoms with E-state index in [2.05, 4.69) is 10.3 Å². The molecule has 122 valence electrons. The number of halogens is 1. The number of aromatic nitrogens is 1. The molecule has 0 aliphatic carbocycles. The minimum absolute atomic E-state index is 0.264. The summed E-state index contributed by atoms with van der Waals surface area (Å²) in [5.41, 5.74) is 2.20. The summed E-state index contributed by atoms with van der Waals surface area (Å²) in [5.74, 6) is -1.02. The molecular weight excluding hydrogens is 332 g/mol. The van der Waals surface area contributed by atoms with Crippen molar-refractivity contribution in [3.8, 4) is 0 Å². The Bertz CT molecular complexity index is 891. The van der Waals surface area contributed by atoms with Crippen LogP contribution in [0.2, 0.25) is 5.02 Å². The van der Waals surface area contributed by atoms with Crippen molar-refractivity contribution in [3.63, 3.8) is 0 Å². The summed E-state index contributed by atoms with van der Waals surface area (Å²) in [6.45, 7) is -0.113. The summed E-state index contributed by atoms with van der Waals surface area (Å²) in [7, 11) is 0. The molecule has 0 saturated heterocycles. The predicted molar refractivity (Wildman–Crippen MR) is 87.6 cm³/mol. The monoisotopic (exact) mass is 344 g/mol. The normalized spacial score (nSPS) is 10.5. The number of ether oxygens (including phenoxy) is 1. The maximum Gasteiger partial charge on any atom is 0.338 e. The Labute approximate surface area is 142 Å². The minimum atomic E-state index is -0.610. The Hall–Kier alpha value is -2.86. The van der Waals surface area contributed by atoms with Gasteiger partial charge < -0.3 is 14.5 Å². The van der Waals surface area contributed by atoms with E-state index in [1.54, 1.807) is 30.3 Å². The molecule has 0 atom stereocenters. The molecule has 0 bridgehead atoms. The Morgan fingerprint density at radius 2 is 2.04 bits per heavy atom. The fraction of sp³-hybridized carbons (Fsp3) is 0.118. The lowest BCUT2D eigenvalue weighted by Crippen LogP contribution is -2.28. The molecule has 1 N–H and O–H groups in total. The highest BCUT2D eigenvalue weighted by molar-refractivity contribution is 6.31. The zero-order valence-electron chi connectivity index (χ0n) is 12.5. The molecule has 3 rings (SSSR count). The first kappa shape index (κ1) is 16.0. The van der Waals surface area contributed by atoms with Gasteiger partial charge in [0.05, 0.1) is 5.56 Å². The second-order valence-electron chi connectivity index (χ2n) is 4.98. The van der Waals surface area contributed by atoms with Crippen molar-refractivity contribution in [2.75, 3.05) is 6.61 Å². The number of rotatable bonds is 5. The van der Waals surface area contributed by atoms with Gasteiger partial charge in [-0.2, -0.15) is 0 Å². The van der Waals surface area contributed by atoms with Gasteiger partial charge in [-0.1, -0.05) is 29.8 Å². The third-order valence-corrected chi connectivity index (χ3v) is 3.70. The zero-order chi connectivity index (χ0) is 16.9. The number of benzene rings is 2. The zero-order valence-corrected chi connectivity index (χ0v) is 13.2. The van der Waals surface area contributed by atoms with Crippen LogP contribution in [0.3, 0.4) is 0 Å². The van der Waals surface area contributed by atoms with E-state index < -0.39 is 11.9 Å². The van der Waals surface area contributed by atoms with Crippen molar-refractivity contribution in [3.05, 3.63) is 65.0 Å².